The van der Waals surface area contributed by atoms with Crippen molar-refractivity contribution in [2.24, 2.45) is 0 Å². The molecule has 0 spiro atoms. The Hall–Kier alpha value is -7.04. The van der Waals surface area contributed by atoms with E-state index in [-0.39, 0.29) is 33.1 Å². The van der Waals surface area contributed by atoms with Gasteiger partial charge >= 0.3 is 0 Å². The molecule has 3 heterocycles. The Morgan fingerprint density at radius 2 is 0.875 bits per heavy atom. The van der Waals surface area contributed by atoms with E-state index in [9.17, 15) is 26.4 Å². The number of carbonyl (C=O) groups excluding carboxylic acids is 2. The first kappa shape index (κ1) is 36.0. The zero-order chi connectivity index (χ0) is 38.9. The highest BCUT2D eigenvalue weighted by Gasteiger charge is 2.23. The quantitative estimate of drug-likeness (QED) is 0.134. The standard InChI is InChI=1S/C40H30N6O8S2/c47-37-23-53-31-20-18-25-8-1-3-12-29(25)39(31)40-30-13-4-2-9-26(30)19-21-32(40)54-24-38(48)44-34-15-7-17-36(42-34)46-56(51,52)28-11-5-10-27(22-28)55(49,50)45-35-16-6-14-33(41-35)43-37/h1-22H,23-24H2,(H2,41,43,45,47)(H2,42,44,46,48). The van der Waals surface area contributed by atoms with Gasteiger partial charge in [-0.25, -0.2) is 26.8 Å². The number of nitrogens with zero attached hydrogens (tertiary/aromatic N) is 2. The molecule has 16 heteroatoms. The summed E-state index contributed by atoms with van der Waals surface area (Å²) < 4.78 is 70.7. The summed E-state index contributed by atoms with van der Waals surface area (Å²) in [7, 11) is -8.72. The number of rotatable bonds is 0. The minimum absolute atomic E-state index is 0.0290. The molecule has 56 heavy (non-hydrogen) atoms. The van der Waals surface area contributed by atoms with Crippen molar-refractivity contribution in [2.45, 2.75) is 9.79 Å². The average molecular weight is 787 g/mol. The van der Waals surface area contributed by atoms with Crippen molar-refractivity contribution in [1.29, 1.82) is 0 Å². The topological polar surface area (TPSA) is 195 Å². The molecule has 2 amide bonds. The molecule has 7 aromatic rings. The number of ether oxygens (including phenoxy) is 2. The van der Waals surface area contributed by atoms with Gasteiger partial charge < -0.3 is 20.1 Å². The lowest BCUT2D eigenvalue weighted by atomic mass is 9.92. The number of fused-ring (bicyclic) bond motifs is 13. The van der Waals surface area contributed by atoms with Crippen LogP contribution in [0.2, 0.25) is 0 Å². The molecule has 0 saturated heterocycles. The molecule has 1 aliphatic heterocycles. The fourth-order valence-corrected chi connectivity index (χ4v) is 8.40. The lowest BCUT2D eigenvalue weighted by molar-refractivity contribution is -0.118. The summed E-state index contributed by atoms with van der Waals surface area (Å²) in [6.45, 7) is -0.901. The van der Waals surface area contributed by atoms with Crippen LogP contribution < -0.4 is 29.6 Å². The summed E-state index contributed by atoms with van der Waals surface area (Å²) in [5, 5.41) is 8.63. The molecule has 0 saturated carbocycles. The second kappa shape index (κ2) is 14.7. The number of hydrogen-bond donors (Lipinski definition) is 4. The third-order valence-corrected chi connectivity index (χ3v) is 11.4. The lowest BCUT2D eigenvalue weighted by Crippen LogP contribution is -2.22. The van der Waals surface area contributed by atoms with E-state index in [0.717, 1.165) is 27.6 Å². The monoisotopic (exact) mass is 786 g/mol. The number of aromatic nitrogens is 2. The summed E-state index contributed by atoms with van der Waals surface area (Å²) in [6.07, 6.45) is 0. The number of benzene rings is 5. The van der Waals surface area contributed by atoms with Crippen molar-refractivity contribution in [3.8, 4) is 22.6 Å². The summed E-state index contributed by atoms with van der Waals surface area (Å²) in [5.74, 6) is -0.673. The Morgan fingerprint density at radius 3 is 1.34 bits per heavy atom. The van der Waals surface area contributed by atoms with Gasteiger partial charge in [0.25, 0.3) is 31.9 Å². The van der Waals surface area contributed by atoms with Crippen molar-refractivity contribution in [3.63, 3.8) is 0 Å². The Bertz CT molecular complexity index is 2730. The van der Waals surface area contributed by atoms with Crippen molar-refractivity contribution >= 4 is 76.7 Å². The van der Waals surface area contributed by atoms with E-state index < -0.39 is 45.1 Å². The third kappa shape index (κ3) is 7.51. The average Bonchev–Trinajstić information content (AvgIpc) is 3.18. The molecule has 0 radical (unpaired) electrons. The smallest absolute Gasteiger partial charge is 0.263 e. The summed E-state index contributed by atoms with van der Waals surface area (Å²) in [6, 6.07) is 35.9. The third-order valence-electron chi connectivity index (χ3n) is 8.69. The predicted molar refractivity (Wildman–Crippen MR) is 212 cm³/mol. The number of hydrogen-bond acceptors (Lipinski definition) is 10. The van der Waals surface area contributed by atoms with E-state index >= 15 is 0 Å². The van der Waals surface area contributed by atoms with Crippen LogP contribution >= 0.6 is 0 Å². The maximum Gasteiger partial charge on any atom is 0.263 e. The second-order valence-electron chi connectivity index (χ2n) is 12.5. The van der Waals surface area contributed by atoms with Crippen LogP contribution in [-0.2, 0) is 29.6 Å². The first-order chi connectivity index (χ1) is 27.0. The molecule has 0 atom stereocenters. The van der Waals surface area contributed by atoms with Gasteiger partial charge in [-0.05, 0) is 76.1 Å². The van der Waals surface area contributed by atoms with E-state index in [0.29, 0.717) is 22.6 Å². The number of pyridine rings is 2. The molecule has 280 valence electrons. The van der Waals surface area contributed by atoms with Crippen molar-refractivity contribution < 1.29 is 35.9 Å². The molecule has 2 aromatic heterocycles. The van der Waals surface area contributed by atoms with Crippen LogP contribution in [0.25, 0.3) is 32.7 Å². The predicted octanol–water partition coefficient (Wildman–Crippen LogP) is 6.40. The van der Waals surface area contributed by atoms with Crippen molar-refractivity contribution in [3.05, 3.63) is 133 Å². The minimum Gasteiger partial charge on any atom is -0.483 e. The minimum atomic E-state index is -4.36. The number of anilines is 4. The zero-order valence-electron chi connectivity index (χ0n) is 29.1. The SMILES string of the molecule is O=C1COc2ccc3ccccc3c2-c2c(ccc3ccccc23)OCC(=O)Nc2cccc(n2)NS(=O)(=O)c2cccc(c2)S(=O)(=O)Nc2cccc(n2)N1. The fourth-order valence-electron chi connectivity index (χ4n) is 6.23. The Balaban J connectivity index is 1.22. The normalized spacial score (nSPS) is 15.4. The van der Waals surface area contributed by atoms with Crippen LogP contribution in [0.5, 0.6) is 11.5 Å². The van der Waals surface area contributed by atoms with E-state index in [4.69, 9.17) is 9.47 Å². The highest BCUT2D eigenvalue weighted by atomic mass is 32.2. The van der Waals surface area contributed by atoms with Crippen LogP contribution in [0.4, 0.5) is 23.3 Å². The van der Waals surface area contributed by atoms with Gasteiger partial charge in [0.2, 0.25) is 0 Å². The molecule has 4 N–H and O–H groups in total. The first-order valence-electron chi connectivity index (χ1n) is 17.0. The van der Waals surface area contributed by atoms with Gasteiger partial charge in [0.15, 0.2) is 13.2 Å². The van der Waals surface area contributed by atoms with E-state index in [1.807, 2.05) is 60.7 Å². The van der Waals surface area contributed by atoms with Gasteiger partial charge in [-0.3, -0.25) is 19.0 Å². The molecular formula is C40H30N6O8S2. The largest absolute Gasteiger partial charge is 0.483 e. The maximum atomic E-state index is 13.4. The van der Waals surface area contributed by atoms with Crippen LogP contribution in [0, 0.1) is 0 Å². The molecule has 5 aromatic carbocycles. The highest BCUT2D eigenvalue weighted by molar-refractivity contribution is 7.93. The first-order valence-corrected chi connectivity index (χ1v) is 20.0. The number of amides is 2. The second-order valence-corrected chi connectivity index (χ2v) is 15.9. The van der Waals surface area contributed by atoms with E-state index in [1.54, 1.807) is 12.1 Å². The number of carbonyl (C=O) groups is 2. The van der Waals surface area contributed by atoms with Crippen LogP contribution in [0.3, 0.4) is 0 Å². The van der Waals surface area contributed by atoms with Crippen molar-refractivity contribution in [2.75, 3.05) is 33.3 Å². The van der Waals surface area contributed by atoms with Gasteiger partial charge in [-0.15, -0.1) is 0 Å². The molecule has 0 aliphatic carbocycles. The Morgan fingerprint density at radius 1 is 0.464 bits per heavy atom. The molecular weight excluding hydrogens is 757 g/mol. The molecule has 8 rings (SSSR count). The van der Waals surface area contributed by atoms with Gasteiger partial charge in [-0.2, -0.15) is 0 Å². The lowest BCUT2D eigenvalue weighted by Gasteiger charge is -2.19. The number of nitrogens with one attached hydrogen (secondary N) is 4. The van der Waals surface area contributed by atoms with Gasteiger partial charge in [0.05, 0.1) is 9.79 Å². The van der Waals surface area contributed by atoms with Crippen LogP contribution in [0.15, 0.2) is 143 Å². The molecule has 0 unspecified atom stereocenters. The summed E-state index contributed by atoms with van der Waals surface area (Å²) in [4.78, 5) is 34.3. The molecule has 1 aliphatic rings. The van der Waals surface area contributed by atoms with Gasteiger partial charge in [0, 0.05) is 11.1 Å². The van der Waals surface area contributed by atoms with Crippen LogP contribution in [-0.4, -0.2) is 51.8 Å². The van der Waals surface area contributed by atoms with Crippen molar-refractivity contribution in [1.82, 2.24) is 9.97 Å². The molecule has 14 nitrogen and oxygen atoms in total. The van der Waals surface area contributed by atoms with Gasteiger partial charge in [-0.1, -0.05) is 78.9 Å². The summed E-state index contributed by atoms with van der Waals surface area (Å²) in [5.41, 5.74) is 1.24. The van der Waals surface area contributed by atoms with Crippen LogP contribution in [0.1, 0.15) is 0 Å². The highest BCUT2D eigenvalue weighted by Crippen LogP contribution is 2.45. The van der Waals surface area contributed by atoms with Gasteiger partial charge in [0.1, 0.15) is 34.8 Å². The Labute approximate surface area is 320 Å². The molecule has 0 fully saturated rings. The zero-order valence-corrected chi connectivity index (χ0v) is 30.7. The Kier molecular flexibility index (Phi) is 9.41. The number of sulfonamides is 2. The fraction of sp³-hybridized carbons (Fsp3) is 0.0500. The van der Waals surface area contributed by atoms with E-state index in [2.05, 4.69) is 30.0 Å². The summed E-state index contributed by atoms with van der Waals surface area (Å²) >= 11 is 0. The molecule has 6 bridgehead atoms. The maximum absolute atomic E-state index is 13.4. The van der Waals surface area contributed by atoms with E-state index in [1.165, 1.54) is 54.6 Å².